The molecule has 1 atom stereocenters. The number of carbonyl (C=O) groups is 1. The van der Waals surface area contributed by atoms with Crippen molar-refractivity contribution in [1.29, 1.82) is 0 Å². The summed E-state index contributed by atoms with van der Waals surface area (Å²) in [4.78, 5) is 12.1. The number of ether oxygens (including phenoxy) is 1. The fourth-order valence-electron chi connectivity index (χ4n) is 2.63. The molecule has 1 aromatic carbocycles. The number of aliphatic hydroxyl groups is 1. The number of Topliss-reactive ketones (excluding diaryl/α,β-unsaturated/α-hetero) is 1. The average Bonchev–Trinajstić information content (AvgIpc) is 2.35. The zero-order chi connectivity index (χ0) is 12.9. The first-order valence-electron chi connectivity index (χ1n) is 6.23. The van der Waals surface area contributed by atoms with Gasteiger partial charge in [-0.3, -0.25) is 4.79 Å². The van der Waals surface area contributed by atoms with Crippen LogP contribution in [0.1, 0.15) is 43.9 Å². The molecule has 3 heteroatoms. The van der Waals surface area contributed by atoms with Crippen LogP contribution in [0.25, 0.3) is 5.76 Å². The van der Waals surface area contributed by atoms with Crippen LogP contribution in [-0.2, 0) is 9.53 Å². The lowest BCUT2D eigenvalue weighted by Crippen LogP contribution is -2.33. The number of hydrogen-bond acceptors (Lipinski definition) is 3. The summed E-state index contributed by atoms with van der Waals surface area (Å²) < 4.78 is 5.97. The van der Waals surface area contributed by atoms with Crippen LogP contribution >= 0.6 is 0 Å². The van der Waals surface area contributed by atoms with Crippen molar-refractivity contribution in [3.8, 4) is 0 Å². The van der Waals surface area contributed by atoms with Gasteiger partial charge in [-0.15, -0.1) is 0 Å². The van der Waals surface area contributed by atoms with E-state index in [4.69, 9.17) is 4.74 Å². The fraction of sp³-hybridized carbons (Fsp3) is 0.400. The van der Waals surface area contributed by atoms with Crippen LogP contribution in [0, 0.1) is 0 Å². The Labute approximate surface area is 106 Å². The van der Waals surface area contributed by atoms with E-state index in [1.165, 1.54) is 0 Å². The van der Waals surface area contributed by atoms with E-state index < -0.39 is 6.10 Å². The highest BCUT2D eigenvalue weighted by Gasteiger charge is 2.39. The number of ketones is 1. The molecule has 0 radical (unpaired) electrons. The molecule has 2 aliphatic rings. The van der Waals surface area contributed by atoms with Gasteiger partial charge in [0.25, 0.3) is 0 Å². The predicted octanol–water partition coefficient (Wildman–Crippen LogP) is 2.60. The van der Waals surface area contributed by atoms with Gasteiger partial charge in [-0.2, -0.15) is 0 Å². The lowest BCUT2D eigenvalue weighted by atomic mass is 9.81. The van der Waals surface area contributed by atoms with Gasteiger partial charge in [0.05, 0.1) is 0 Å². The maximum absolute atomic E-state index is 12.1. The Bertz CT molecular complexity index is 555. The van der Waals surface area contributed by atoms with Gasteiger partial charge >= 0.3 is 0 Å². The van der Waals surface area contributed by atoms with E-state index in [1.54, 1.807) is 6.07 Å². The van der Waals surface area contributed by atoms with E-state index in [0.717, 1.165) is 12.0 Å². The third-order valence-electron chi connectivity index (χ3n) is 3.68. The molecule has 18 heavy (non-hydrogen) atoms. The smallest absolute Gasteiger partial charge is 0.195 e. The molecule has 0 aromatic heterocycles. The number of benzene rings is 1. The highest BCUT2D eigenvalue weighted by atomic mass is 16.5. The van der Waals surface area contributed by atoms with Gasteiger partial charge in [-0.05, 0) is 32.3 Å². The topological polar surface area (TPSA) is 46.5 Å². The minimum Gasteiger partial charge on any atom is -0.487 e. The summed E-state index contributed by atoms with van der Waals surface area (Å²) in [6, 6.07) is 7.42. The van der Waals surface area contributed by atoms with Crippen LogP contribution in [0.5, 0.6) is 0 Å². The first-order chi connectivity index (χ1) is 8.49. The summed E-state index contributed by atoms with van der Waals surface area (Å²) >= 11 is 0. The molecule has 3 nitrogen and oxygen atoms in total. The highest BCUT2D eigenvalue weighted by Crippen LogP contribution is 2.43. The molecule has 0 saturated carbocycles. The molecule has 0 fully saturated rings. The summed E-state index contributed by atoms with van der Waals surface area (Å²) in [5, 5.41) is 10.1. The van der Waals surface area contributed by atoms with Crippen LogP contribution in [0.15, 0.2) is 29.8 Å². The van der Waals surface area contributed by atoms with E-state index in [-0.39, 0.29) is 11.4 Å². The number of hydrogen-bond donors (Lipinski definition) is 1. The Balaban J connectivity index is 2.20. The van der Waals surface area contributed by atoms with Gasteiger partial charge < -0.3 is 9.84 Å². The van der Waals surface area contributed by atoms with Crippen molar-refractivity contribution < 1.29 is 14.6 Å². The average molecular weight is 244 g/mol. The second-order valence-corrected chi connectivity index (χ2v) is 5.52. The monoisotopic (exact) mass is 244 g/mol. The van der Waals surface area contributed by atoms with Crippen LogP contribution in [0.3, 0.4) is 0 Å². The Morgan fingerprint density at radius 2 is 2.06 bits per heavy atom. The molecule has 0 amide bonds. The maximum atomic E-state index is 12.1. The van der Waals surface area contributed by atoms with Gasteiger partial charge in [0.15, 0.2) is 5.78 Å². The van der Waals surface area contributed by atoms with Crippen molar-refractivity contribution in [2.45, 2.75) is 38.4 Å². The fourth-order valence-corrected chi connectivity index (χ4v) is 2.63. The molecule has 0 saturated heterocycles. The molecule has 0 spiro atoms. The van der Waals surface area contributed by atoms with Crippen molar-refractivity contribution in [2.75, 3.05) is 0 Å². The molecular weight excluding hydrogens is 228 g/mol. The Hall–Kier alpha value is -1.61. The summed E-state index contributed by atoms with van der Waals surface area (Å²) in [5.41, 5.74) is 1.89. The van der Waals surface area contributed by atoms with Crippen LogP contribution < -0.4 is 0 Å². The zero-order valence-electron chi connectivity index (χ0n) is 10.6. The van der Waals surface area contributed by atoms with Gasteiger partial charge in [0.2, 0.25) is 0 Å². The number of carbonyl (C=O) groups excluding carboxylic acids is 1. The van der Waals surface area contributed by atoms with Crippen LogP contribution in [0.2, 0.25) is 0 Å². The van der Waals surface area contributed by atoms with Crippen LogP contribution in [0.4, 0.5) is 0 Å². The summed E-state index contributed by atoms with van der Waals surface area (Å²) in [6.45, 7) is 4.05. The van der Waals surface area contributed by atoms with Crippen molar-refractivity contribution in [1.82, 2.24) is 0 Å². The third kappa shape index (κ3) is 1.58. The van der Waals surface area contributed by atoms with Gasteiger partial charge in [-0.1, -0.05) is 24.3 Å². The molecule has 1 unspecified atom stereocenters. The zero-order valence-corrected chi connectivity index (χ0v) is 10.6. The molecule has 0 bridgehead atoms. The standard InChI is InChI=1S/C15H16O3/c1-15(2)8-7-11-13(17)12(16)9-5-3-4-6-10(9)14(11)18-15/h3-6,12,16H,7-8H2,1-2H3. The Morgan fingerprint density at radius 1 is 1.33 bits per heavy atom. The van der Waals surface area contributed by atoms with Gasteiger partial charge in [0.1, 0.15) is 17.5 Å². The van der Waals surface area contributed by atoms with E-state index in [1.807, 2.05) is 32.0 Å². The number of aliphatic hydroxyl groups excluding tert-OH is 1. The molecular formula is C15H16O3. The molecule has 1 aliphatic carbocycles. The highest BCUT2D eigenvalue weighted by molar-refractivity contribution is 6.08. The minimum atomic E-state index is -1.04. The van der Waals surface area contributed by atoms with Crippen molar-refractivity contribution in [2.24, 2.45) is 0 Å². The number of rotatable bonds is 0. The normalized spacial score (nSPS) is 25.3. The van der Waals surface area contributed by atoms with E-state index in [9.17, 15) is 9.90 Å². The van der Waals surface area contributed by atoms with E-state index in [0.29, 0.717) is 23.3 Å². The largest absolute Gasteiger partial charge is 0.487 e. The van der Waals surface area contributed by atoms with E-state index in [2.05, 4.69) is 0 Å². The lowest BCUT2D eigenvalue weighted by Gasteiger charge is -2.37. The van der Waals surface area contributed by atoms with Gasteiger partial charge in [-0.25, -0.2) is 0 Å². The molecule has 1 heterocycles. The molecule has 3 rings (SSSR count). The summed E-state index contributed by atoms with van der Waals surface area (Å²) in [5.74, 6) is 0.455. The summed E-state index contributed by atoms with van der Waals surface area (Å²) in [6.07, 6.45) is 0.434. The first kappa shape index (κ1) is 11.5. The summed E-state index contributed by atoms with van der Waals surface area (Å²) in [7, 11) is 0. The van der Waals surface area contributed by atoms with Crippen molar-refractivity contribution >= 4 is 11.5 Å². The van der Waals surface area contributed by atoms with E-state index >= 15 is 0 Å². The van der Waals surface area contributed by atoms with Gasteiger partial charge in [0, 0.05) is 11.1 Å². The molecule has 1 N–H and O–H groups in total. The Kier molecular flexibility index (Phi) is 2.35. The lowest BCUT2D eigenvalue weighted by molar-refractivity contribution is -0.124. The second kappa shape index (κ2) is 3.69. The first-order valence-corrected chi connectivity index (χ1v) is 6.23. The molecule has 1 aromatic rings. The maximum Gasteiger partial charge on any atom is 0.195 e. The van der Waals surface area contributed by atoms with Crippen LogP contribution in [-0.4, -0.2) is 16.5 Å². The predicted molar refractivity (Wildman–Crippen MR) is 67.7 cm³/mol. The molecule has 94 valence electrons. The quantitative estimate of drug-likeness (QED) is 0.763. The number of fused-ring (bicyclic) bond motifs is 2. The molecule has 1 aliphatic heterocycles. The SMILES string of the molecule is CC1(C)CCC2=C(O1)c1ccccc1C(O)C2=O. The van der Waals surface area contributed by atoms with Crippen molar-refractivity contribution in [3.05, 3.63) is 41.0 Å². The van der Waals surface area contributed by atoms with Crippen molar-refractivity contribution in [3.63, 3.8) is 0 Å². The third-order valence-corrected chi connectivity index (χ3v) is 3.68. The minimum absolute atomic E-state index is 0.209. The second-order valence-electron chi connectivity index (χ2n) is 5.52. The Morgan fingerprint density at radius 3 is 2.83 bits per heavy atom.